The third-order valence-corrected chi connectivity index (χ3v) is 7.53. The van der Waals surface area contributed by atoms with Crippen LogP contribution in [0.5, 0.6) is 0 Å². The van der Waals surface area contributed by atoms with Crippen LogP contribution in [0.1, 0.15) is 19.4 Å². The van der Waals surface area contributed by atoms with Gasteiger partial charge in [0.25, 0.3) is 0 Å². The van der Waals surface area contributed by atoms with Crippen LogP contribution in [0.4, 0.5) is 16.2 Å². The van der Waals surface area contributed by atoms with Crippen LogP contribution in [0.3, 0.4) is 0 Å². The molecule has 0 aromatic heterocycles. The van der Waals surface area contributed by atoms with E-state index in [1.807, 2.05) is 19.1 Å². The lowest BCUT2D eigenvalue weighted by Crippen LogP contribution is -2.24. The Kier molecular flexibility index (Phi) is 7.88. The molecule has 148 valence electrons. The molecule has 0 spiro atoms. The SMILES string of the molecule is CCN(CC)c1ccc(NC(=O)OCCS(=O)(=O)CS(C)(=O)=O)c(C)c1. The van der Waals surface area contributed by atoms with E-state index in [0.717, 1.165) is 30.6 Å². The summed E-state index contributed by atoms with van der Waals surface area (Å²) in [5, 5.41) is 1.59. The first kappa shape index (κ1) is 22.2. The van der Waals surface area contributed by atoms with Crippen molar-refractivity contribution in [1.82, 2.24) is 0 Å². The van der Waals surface area contributed by atoms with Crippen molar-refractivity contribution in [2.24, 2.45) is 0 Å². The number of carbonyl (C=O) groups excluding carboxylic acids is 1. The molecular weight excluding hydrogens is 380 g/mol. The Hall–Kier alpha value is -1.81. The van der Waals surface area contributed by atoms with Gasteiger partial charge in [0.2, 0.25) is 0 Å². The minimum Gasteiger partial charge on any atom is -0.448 e. The van der Waals surface area contributed by atoms with Gasteiger partial charge in [0.1, 0.15) is 6.61 Å². The molecule has 10 heteroatoms. The zero-order valence-electron chi connectivity index (χ0n) is 15.5. The number of nitrogens with one attached hydrogen (secondary N) is 1. The van der Waals surface area contributed by atoms with Crippen LogP contribution >= 0.6 is 0 Å². The summed E-state index contributed by atoms with van der Waals surface area (Å²) in [5.41, 5.74) is 2.44. The largest absolute Gasteiger partial charge is 0.448 e. The Morgan fingerprint density at radius 2 is 1.77 bits per heavy atom. The lowest BCUT2D eigenvalue weighted by molar-refractivity contribution is 0.168. The van der Waals surface area contributed by atoms with Crippen LogP contribution in [0, 0.1) is 6.92 Å². The molecule has 0 radical (unpaired) electrons. The monoisotopic (exact) mass is 406 g/mol. The molecule has 1 amide bonds. The first-order valence-corrected chi connectivity index (χ1v) is 12.0. The number of amides is 1. The van der Waals surface area contributed by atoms with E-state index in [1.54, 1.807) is 6.07 Å². The van der Waals surface area contributed by atoms with Crippen molar-refractivity contribution in [3.05, 3.63) is 23.8 Å². The third kappa shape index (κ3) is 7.61. The van der Waals surface area contributed by atoms with E-state index >= 15 is 0 Å². The van der Waals surface area contributed by atoms with Crippen molar-refractivity contribution < 1.29 is 26.4 Å². The molecule has 0 bridgehead atoms. The maximum atomic E-state index is 11.8. The molecule has 26 heavy (non-hydrogen) atoms. The molecular formula is C16H26N2O6S2. The molecule has 0 saturated carbocycles. The van der Waals surface area contributed by atoms with Gasteiger partial charge in [-0.05, 0) is 44.5 Å². The number of hydrogen-bond donors (Lipinski definition) is 1. The number of anilines is 2. The fourth-order valence-electron chi connectivity index (χ4n) is 2.37. The van der Waals surface area contributed by atoms with Gasteiger partial charge in [-0.25, -0.2) is 21.6 Å². The van der Waals surface area contributed by atoms with Gasteiger partial charge < -0.3 is 9.64 Å². The van der Waals surface area contributed by atoms with Crippen molar-refractivity contribution in [2.75, 3.05) is 47.0 Å². The van der Waals surface area contributed by atoms with E-state index in [0.29, 0.717) is 5.69 Å². The summed E-state index contributed by atoms with van der Waals surface area (Å²) in [6, 6.07) is 5.58. The van der Waals surface area contributed by atoms with Gasteiger partial charge >= 0.3 is 6.09 Å². The predicted molar refractivity (Wildman–Crippen MR) is 103 cm³/mol. The number of aryl methyl sites for hydroxylation is 1. The average Bonchev–Trinajstić information content (AvgIpc) is 2.48. The first-order valence-electron chi connectivity index (χ1n) is 8.15. The number of benzene rings is 1. The molecule has 0 heterocycles. The van der Waals surface area contributed by atoms with E-state index in [4.69, 9.17) is 4.74 Å². The van der Waals surface area contributed by atoms with Crippen molar-refractivity contribution in [3.8, 4) is 0 Å². The van der Waals surface area contributed by atoms with Gasteiger partial charge in [0, 0.05) is 30.7 Å². The van der Waals surface area contributed by atoms with Gasteiger partial charge in [0.15, 0.2) is 24.8 Å². The average molecular weight is 407 g/mol. The van der Waals surface area contributed by atoms with Crippen molar-refractivity contribution in [3.63, 3.8) is 0 Å². The van der Waals surface area contributed by atoms with Crippen molar-refractivity contribution >= 4 is 37.1 Å². The molecule has 1 aromatic rings. The minimum atomic E-state index is -3.84. The van der Waals surface area contributed by atoms with Gasteiger partial charge in [-0.3, -0.25) is 5.32 Å². The second-order valence-corrected chi connectivity index (χ2v) is 10.6. The lowest BCUT2D eigenvalue weighted by Gasteiger charge is -2.22. The summed E-state index contributed by atoms with van der Waals surface area (Å²) in [5.74, 6) is -0.548. The van der Waals surface area contributed by atoms with E-state index < -0.39 is 43.2 Å². The maximum Gasteiger partial charge on any atom is 0.411 e. The quantitative estimate of drug-likeness (QED) is 0.666. The van der Waals surface area contributed by atoms with Crippen LogP contribution in [-0.4, -0.2) is 59.7 Å². The summed E-state index contributed by atoms with van der Waals surface area (Å²) in [4.78, 5) is 14.0. The molecule has 0 aliphatic carbocycles. The smallest absolute Gasteiger partial charge is 0.411 e. The molecule has 0 aliphatic heterocycles. The maximum absolute atomic E-state index is 11.8. The number of rotatable bonds is 9. The van der Waals surface area contributed by atoms with Crippen LogP contribution in [-0.2, 0) is 24.4 Å². The van der Waals surface area contributed by atoms with Crippen LogP contribution in [0.2, 0.25) is 0 Å². The van der Waals surface area contributed by atoms with Gasteiger partial charge in [-0.15, -0.1) is 0 Å². The van der Waals surface area contributed by atoms with E-state index in [2.05, 4.69) is 24.1 Å². The Bertz CT molecular complexity index is 830. The second-order valence-electron chi connectivity index (χ2n) is 5.92. The number of ether oxygens (including phenoxy) is 1. The number of carbonyl (C=O) groups is 1. The lowest BCUT2D eigenvalue weighted by atomic mass is 10.1. The zero-order valence-corrected chi connectivity index (χ0v) is 17.1. The Labute approximate surface area is 155 Å². The fourth-order valence-corrected chi connectivity index (χ4v) is 5.78. The zero-order chi connectivity index (χ0) is 20.0. The number of hydrogen-bond acceptors (Lipinski definition) is 7. The molecule has 1 rings (SSSR count). The topological polar surface area (TPSA) is 110 Å². The highest BCUT2D eigenvalue weighted by Crippen LogP contribution is 2.22. The van der Waals surface area contributed by atoms with Crippen LogP contribution < -0.4 is 10.2 Å². The fraction of sp³-hybridized carbons (Fsp3) is 0.562. The van der Waals surface area contributed by atoms with Crippen molar-refractivity contribution in [1.29, 1.82) is 0 Å². The molecule has 0 aliphatic rings. The minimum absolute atomic E-state index is 0.416. The third-order valence-electron chi connectivity index (χ3n) is 3.60. The van der Waals surface area contributed by atoms with E-state index in [-0.39, 0.29) is 0 Å². The van der Waals surface area contributed by atoms with Gasteiger partial charge in [0.05, 0.1) is 5.75 Å². The highest BCUT2D eigenvalue weighted by Gasteiger charge is 2.19. The molecule has 0 fully saturated rings. The normalized spacial score (nSPS) is 11.8. The van der Waals surface area contributed by atoms with Crippen molar-refractivity contribution in [2.45, 2.75) is 20.8 Å². The predicted octanol–water partition coefficient (Wildman–Crippen LogP) is 1.81. The number of sulfone groups is 2. The highest BCUT2D eigenvalue weighted by molar-refractivity contribution is 8.07. The Morgan fingerprint density at radius 1 is 1.15 bits per heavy atom. The summed E-state index contributed by atoms with van der Waals surface area (Å²) in [6.45, 7) is 7.28. The molecule has 0 saturated heterocycles. The molecule has 0 unspecified atom stereocenters. The van der Waals surface area contributed by atoms with E-state index in [1.165, 1.54) is 0 Å². The molecule has 0 atom stereocenters. The summed E-state index contributed by atoms with van der Waals surface area (Å²) >= 11 is 0. The van der Waals surface area contributed by atoms with Gasteiger partial charge in [-0.1, -0.05) is 0 Å². The summed E-state index contributed by atoms with van der Waals surface area (Å²) in [6.07, 6.45) is 0.0428. The van der Waals surface area contributed by atoms with Crippen LogP contribution in [0.15, 0.2) is 18.2 Å². The number of nitrogens with zero attached hydrogens (tertiary/aromatic N) is 1. The Morgan fingerprint density at radius 3 is 2.27 bits per heavy atom. The Balaban J connectivity index is 2.61. The molecule has 1 N–H and O–H groups in total. The summed E-state index contributed by atoms with van der Waals surface area (Å²) in [7, 11) is -7.49. The summed E-state index contributed by atoms with van der Waals surface area (Å²) < 4.78 is 50.1. The standard InChI is InChI=1S/C16H26N2O6S2/c1-5-18(6-2)14-7-8-15(13(3)11-14)17-16(19)24-9-10-26(22,23)12-25(4,20)21/h7-8,11H,5-6,9-10,12H2,1-4H3,(H,17,19). The second kappa shape index (κ2) is 9.22. The molecule has 1 aromatic carbocycles. The first-order chi connectivity index (χ1) is 12.0. The molecule has 8 nitrogen and oxygen atoms in total. The highest BCUT2D eigenvalue weighted by atomic mass is 32.3. The van der Waals surface area contributed by atoms with Gasteiger partial charge in [-0.2, -0.15) is 0 Å². The van der Waals surface area contributed by atoms with Crippen LogP contribution in [0.25, 0.3) is 0 Å². The van der Waals surface area contributed by atoms with E-state index in [9.17, 15) is 21.6 Å².